The van der Waals surface area contributed by atoms with Crippen molar-refractivity contribution in [3.8, 4) is 22.3 Å². The summed E-state index contributed by atoms with van der Waals surface area (Å²) < 4.78 is 0. The predicted octanol–water partition coefficient (Wildman–Crippen LogP) is 11.3. The molecule has 6 aromatic carbocycles. The molecule has 0 atom stereocenters. The van der Waals surface area contributed by atoms with E-state index in [1.165, 1.54) is 54.9 Å². The minimum absolute atomic E-state index is 0. The van der Waals surface area contributed by atoms with Crippen LogP contribution in [0.25, 0.3) is 43.8 Å². The van der Waals surface area contributed by atoms with Gasteiger partial charge in [0.25, 0.3) is 0 Å². The molecular formula is C36H39Cl2SiZr. The Hall–Kier alpha value is -2.22. The monoisotopic (exact) mass is 659 g/mol. The summed E-state index contributed by atoms with van der Waals surface area (Å²) in [6.45, 7) is 8.35. The third-order valence-electron chi connectivity index (χ3n) is 6.28. The summed E-state index contributed by atoms with van der Waals surface area (Å²) in [4.78, 5) is 0. The molecule has 0 nitrogen and oxygen atoms in total. The van der Waals surface area contributed by atoms with Crippen LogP contribution in [0.15, 0.2) is 121 Å². The Morgan fingerprint density at radius 3 is 1.45 bits per heavy atom. The van der Waals surface area contributed by atoms with Crippen molar-refractivity contribution in [3.05, 3.63) is 140 Å². The minimum atomic E-state index is 0. The number of hydrogen-bond donors (Lipinski definition) is 0. The van der Waals surface area contributed by atoms with E-state index in [1.807, 2.05) is 13.8 Å². The van der Waals surface area contributed by atoms with E-state index in [0.717, 1.165) is 6.42 Å². The molecular weight excluding hydrogens is 623 g/mol. The van der Waals surface area contributed by atoms with E-state index >= 15 is 0 Å². The van der Waals surface area contributed by atoms with Crippen LogP contribution < -0.4 is 0 Å². The number of rotatable bonds is 3. The predicted molar refractivity (Wildman–Crippen MR) is 182 cm³/mol. The van der Waals surface area contributed by atoms with Gasteiger partial charge in [0.05, 0.1) is 0 Å². The van der Waals surface area contributed by atoms with Crippen LogP contribution in [0.3, 0.4) is 0 Å². The summed E-state index contributed by atoms with van der Waals surface area (Å²) in [6.07, 6.45) is 1.10. The van der Waals surface area contributed by atoms with Gasteiger partial charge in [-0.25, -0.2) is 0 Å². The Bertz CT molecular complexity index is 1500. The second kappa shape index (κ2) is 19.8. The van der Waals surface area contributed by atoms with E-state index in [1.54, 1.807) is 0 Å². The molecule has 4 heteroatoms. The number of halogens is 2. The molecule has 6 aromatic rings. The molecule has 205 valence electrons. The Kier molecular flexibility index (Phi) is 19.7. The van der Waals surface area contributed by atoms with Crippen LogP contribution in [-0.2, 0) is 32.6 Å². The van der Waals surface area contributed by atoms with E-state index in [4.69, 9.17) is 0 Å². The molecule has 0 saturated carbocycles. The normalized spacial score (nSPS) is 9.10. The Balaban J connectivity index is 0. The smallest absolute Gasteiger partial charge is 0.358 e. The average Bonchev–Trinajstić information content (AvgIpc) is 3.53. The van der Waals surface area contributed by atoms with Gasteiger partial charge in [0.2, 0.25) is 0 Å². The van der Waals surface area contributed by atoms with Gasteiger partial charge in [0.1, 0.15) is 0 Å². The maximum absolute atomic E-state index is 2.32. The first-order valence-corrected chi connectivity index (χ1v) is 12.7. The summed E-state index contributed by atoms with van der Waals surface area (Å²) in [5.74, 6) is 0. The summed E-state index contributed by atoms with van der Waals surface area (Å²) in [7, 11) is 0. The SMILES string of the molecule is CC.CCc1cc2c(-c3ccccc3)cccc2[cH-]1.Cc1cc2c(-c3ccccc3)cccc2[cH-]1.Cl.Cl.[CH3-].[Si].[Zr+3]. The standard InChI is InChI=1S/C17H15.C16H13.C2H6.CH3.2ClH.Si.Zr/c1-2-13-11-15-9-6-10-16(17(15)12-13)14-7-4-3-5-8-14;1-12-10-14-8-5-9-15(16(14)11-12)13-6-3-2-4-7-13;1-2;;;;;/h3-12H,2H2,1H3;2-11H,1H3;1-2H3;1H3;2*1H;;/q2*-1;;-1;;;;+3. The summed E-state index contributed by atoms with van der Waals surface area (Å²) in [5.41, 5.74) is 8.00. The fourth-order valence-electron chi connectivity index (χ4n) is 4.62. The number of benzene rings is 4. The van der Waals surface area contributed by atoms with Crippen molar-refractivity contribution in [2.24, 2.45) is 0 Å². The Morgan fingerprint density at radius 1 is 0.575 bits per heavy atom. The van der Waals surface area contributed by atoms with Gasteiger partial charge in [-0.3, -0.25) is 0 Å². The van der Waals surface area contributed by atoms with Crippen molar-refractivity contribution >= 4 is 57.3 Å². The van der Waals surface area contributed by atoms with Crippen LogP contribution in [-0.4, -0.2) is 11.0 Å². The largest absolute Gasteiger partial charge is 3.00 e. The maximum atomic E-state index is 2.32. The van der Waals surface area contributed by atoms with Crippen LogP contribution in [0.2, 0.25) is 0 Å². The van der Waals surface area contributed by atoms with E-state index in [-0.39, 0.29) is 69.4 Å². The molecule has 0 aliphatic heterocycles. The molecule has 40 heavy (non-hydrogen) atoms. The van der Waals surface area contributed by atoms with Gasteiger partial charge in [-0.15, -0.1) is 93.9 Å². The zero-order valence-corrected chi connectivity index (χ0v) is 29.2. The van der Waals surface area contributed by atoms with E-state index in [9.17, 15) is 0 Å². The molecule has 0 saturated heterocycles. The van der Waals surface area contributed by atoms with Gasteiger partial charge in [0.15, 0.2) is 0 Å². The van der Waals surface area contributed by atoms with Crippen LogP contribution in [0, 0.1) is 14.4 Å². The summed E-state index contributed by atoms with van der Waals surface area (Å²) in [6, 6.07) is 43.3. The fraction of sp³-hybridized carbons (Fsp3) is 0.139. The van der Waals surface area contributed by atoms with E-state index in [2.05, 4.69) is 135 Å². The first kappa shape index (κ1) is 39.9. The zero-order valence-electron chi connectivity index (χ0n) is 24.1. The third-order valence-corrected chi connectivity index (χ3v) is 6.28. The molecule has 0 amide bonds. The molecule has 0 heterocycles. The van der Waals surface area contributed by atoms with E-state index in [0.29, 0.717) is 0 Å². The number of aryl methyl sites for hydroxylation is 2. The summed E-state index contributed by atoms with van der Waals surface area (Å²) >= 11 is 0. The summed E-state index contributed by atoms with van der Waals surface area (Å²) in [5, 5.41) is 5.41. The molecule has 5 radical (unpaired) electrons. The molecule has 0 bridgehead atoms. The van der Waals surface area contributed by atoms with Crippen molar-refractivity contribution < 1.29 is 26.2 Å². The molecule has 0 aliphatic rings. The van der Waals surface area contributed by atoms with Gasteiger partial charge in [0, 0.05) is 11.0 Å². The van der Waals surface area contributed by atoms with Gasteiger partial charge < -0.3 is 7.43 Å². The van der Waals surface area contributed by atoms with Gasteiger partial charge >= 0.3 is 26.2 Å². The third kappa shape index (κ3) is 9.42. The molecule has 0 unspecified atom stereocenters. The first-order valence-electron chi connectivity index (χ1n) is 12.7. The van der Waals surface area contributed by atoms with Crippen molar-refractivity contribution in [2.75, 3.05) is 0 Å². The fourth-order valence-corrected chi connectivity index (χ4v) is 4.62. The molecule has 0 spiro atoms. The molecule has 0 N–H and O–H groups in total. The topological polar surface area (TPSA) is 0 Å². The molecule has 0 fully saturated rings. The van der Waals surface area contributed by atoms with Crippen molar-refractivity contribution in [1.82, 2.24) is 0 Å². The Labute approximate surface area is 277 Å². The molecule has 0 aliphatic carbocycles. The van der Waals surface area contributed by atoms with Gasteiger partial charge in [-0.1, -0.05) is 112 Å². The molecule has 6 rings (SSSR count). The van der Waals surface area contributed by atoms with Crippen molar-refractivity contribution in [3.63, 3.8) is 0 Å². The van der Waals surface area contributed by atoms with Crippen LogP contribution in [0.1, 0.15) is 31.9 Å². The number of fused-ring (bicyclic) bond motifs is 2. The van der Waals surface area contributed by atoms with E-state index < -0.39 is 0 Å². The van der Waals surface area contributed by atoms with Crippen molar-refractivity contribution in [2.45, 2.75) is 34.1 Å². The van der Waals surface area contributed by atoms with Crippen LogP contribution in [0.4, 0.5) is 0 Å². The quantitative estimate of drug-likeness (QED) is 0.131. The second-order valence-electron chi connectivity index (χ2n) is 8.60. The van der Waals surface area contributed by atoms with Crippen LogP contribution in [0.5, 0.6) is 0 Å². The van der Waals surface area contributed by atoms with Crippen molar-refractivity contribution in [1.29, 1.82) is 0 Å². The van der Waals surface area contributed by atoms with Gasteiger partial charge in [-0.05, 0) is 17.5 Å². The Morgan fingerprint density at radius 2 is 1.00 bits per heavy atom. The second-order valence-corrected chi connectivity index (χ2v) is 8.60. The molecule has 0 aromatic heterocycles. The van der Waals surface area contributed by atoms with Crippen LogP contribution >= 0.6 is 24.8 Å². The first-order chi connectivity index (χ1) is 17.2. The average molecular weight is 662 g/mol. The minimum Gasteiger partial charge on any atom is -0.358 e. The van der Waals surface area contributed by atoms with Gasteiger partial charge in [-0.2, -0.15) is 12.1 Å². The zero-order chi connectivity index (χ0) is 24.6. The maximum Gasteiger partial charge on any atom is 3.00 e. The number of hydrogen-bond acceptors (Lipinski definition) is 0.